The summed E-state index contributed by atoms with van der Waals surface area (Å²) >= 11 is 0. The lowest BCUT2D eigenvalue weighted by Gasteiger charge is -2.05. The zero-order valence-electron chi connectivity index (χ0n) is 7.99. The highest BCUT2D eigenvalue weighted by Gasteiger charge is 2.16. The summed E-state index contributed by atoms with van der Waals surface area (Å²) in [6.07, 6.45) is 2.62. The van der Waals surface area contributed by atoms with E-state index in [9.17, 15) is 4.79 Å². The van der Waals surface area contributed by atoms with Crippen molar-refractivity contribution < 1.29 is 9.53 Å². The van der Waals surface area contributed by atoms with Crippen LogP contribution in [0.15, 0.2) is 23.2 Å². The van der Waals surface area contributed by atoms with Crippen LogP contribution in [-0.4, -0.2) is 18.8 Å². The van der Waals surface area contributed by atoms with Gasteiger partial charge in [-0.05, 0) is 18.6 Å². The van der Waals surface area contributed by atoms with Crippen LogP contribution in [0.1, 0.15) is 22.8 Å². The SMILES string of the molecule is CCOC(=O)c1cccc2c1N=CC2. The van der Waals surface area contributed by atoms with E-state index in [2.05, 4.69) is 4.99 Å². The summed E-state index contributed by atoms with van der Waals surface area (Å²) in [4.78, 5) is 15.7. The van der Waals surface area contributed by atoms with E-state index in [1.54, 1.807) is 13.0 Å². The van der Waals surface area contributed by atoms with Crippen molar-refractivity contribution in [2.24, 2.45) is 4.99 Å². The molecule has 1 heterocycles. The summed E-state index contributed by atoms with van der Waals surface area (Å²) in [7, 11) is 0. The molecule has 2 rings (SSSR count). The molecular formula is C11H11NO2. The van der Waals surface area contributed by atoms with Gasteiger partial charge in [-0.25, -0.2) is 4.79 Å². The number of rotatable bonds is 2. The Hall–Kier alpha value is -1.64. The van der Waals surface area contributed by atoms with Gasteiger partial charge in [-0.15, -0.1) is 0 Å². The molecule has 1 aliphatic rings. The van der Waals surface area contributed by atoms with Gasteiger partial charge in [0, 0.05) is 12.6 Å². The summed E-state index contributed by atoms with van der Waals surface area (Å²) in [6, 6.07) is 5.59. The van der Waals surface area contributed by atoms with Crippen molar-refractivity contribution in [3.8, 4) is 0 Å². The Morgan fingerprint density at radius 2 is 2.43 bits per heavy atom. The van der Waals surface area contributed by atoms with Crippen LogP contribution >= 0.6 is 0 Å². The molecule has 0 fully saturated rings. The molecule has 0 aliphatic carbocycles. The molecule has 3 heteroatoms. The van der Waals surface area contributed by atoms with Crippen molar-refractivity contribution in [3.05, 3.63) is 29.3 Å². The Kier molecular flexibility index (Phi) is 2.31. The van der Waals surface area contributed by atoms with Gasteiger partial charge >= 0.3 is 5.97 Å². The van der Waals surface area contributed by atoms with Crippen molar-refractivity contribution in [3.63, 3.8) is 0 Å². The molecule has 1 aromatic carbocycles. The molecule has 14 heavy (non-hydrogen) atoms. The van der Waals surface area contributed by atoms with E-state index in [1.807, 2.05) is 18.3 Å². The summed E-state index contributed by atoms with van der Waals surface area (Å²) in [6.45, 7) is 2.19. The second kappa shape index (κ2) is 3.62. The van der Waals surface area contributed by atoms with Gasteiger partial charge in [0.25, 0.3) is 0 Å². The van der Waals surface area contributed by atoms with Gasteiger partial charge in [0.1, 0.15) is 0 Å². The number of aliphatic imine (C=N–C) groups is 1. The topological polar surface area (TPSA) is 38.7 Å². The van der Waals surface area contributed by atoms with Crippen LogP contribution in [0, 0.1) is 0 Å². The van der Waals surface area contributed by atoms with Gasteiger partial charge in [-0.3, -0.25) is 4.99 Å². The minimum Gasteiger partial charge on any atom is -0.462 e. The lowest BCUT2D eigenvalue weighted by atomic mass is 10.1. The van der Waals surface area contributed by atoms with Gasteiger partial charge in [0.15, 0.2) is 0 Å². The normalized spacial score (nSPS) is 12.6. The van der Waals surface area contributed by atoms with Gasteiger partial charge in [0.05, 0.1) is 17.9 Å². The number of para-hydroxylation sites is 1. The molecule has 0 saturated carbocycles. The lowest BCUT2D eigenvalue weighted by molar-refractivity contribution is 0.0527. The number of benzene rings is 1. The van der Waals surface area contributed by atoms with Crippen molar-refractivity contribution >= 4 is 17.9 Å². The number of esters is 1. The Labute approximate surface area is 82.4 Å². The van der Waals surface area contributed by atoms with Gasteiger partial charge in [-0.2, -0.15) is 0 Å². The predicted octanol–water partition coefficient (Wildman–Crippen LogP) is 2.12. The van der Waals surface area contributed by atoms with Gasteiger partial charge in [0.2, 0.25) is 0 Å². The zero-order chi connectivity index (χ0) is 9.97. The van der Waals surface area contributed by atoms with E-state index in [1.165, 1.54) is 0 Å². The first kappa shape index (κ1) is 8.94. The average molecular weight is 189 g/mol. The van der Waals surface area contributed by atoms with Crippen LogP contribution in [-0.2, 0) is 11.2 Å². The van der Waals surface area contributed by atoms with E-state index in [4.69, 9.17) is 4.74 Å². The fraction of sp³-hybridized carbons (Fsp3) is 0.273. The standard InChI is InChI=1S/C11H11NO2/c1-2-14-11(13)9-5-3-4-8-6-7-12-10(8)9/h3-5,7H,2,6H2,1H3. The first-order valence-electron chi connectivity index (χ1n) is 4.64. The molecule has 0 atom stereocenters. The minimum absolute atomic E-state index is 0.289. The third-order valence-corrected chi connectivity index (χ3v) is 2.15. The third-order valence-electron chi connectivity index (χ3n) is 2.15. The van der Waals surface area contributed by atoms with E-state index in [-0.39, 0.29) is 5.97 Å². The Morgan fingerprint density at radius 3 is 3.21 bits per heavy atom. The van der Waals surface area contributed by atoms with Crippen molar-refractivity contribution in [2.45, 2.75) is 13.3 Å². The highest BCUT2D eigenvalue weighted by atomic mass is 16.5. The second-order valence-corrected chi connectivity index (χ2v) is 3.05. The van der Waals surface area contributed by atoms with E-state index < -0.39 is 0 Å². The minimum atomic E-state index is -0.289. The van der Waals surface area contributed by atoms with Crippen molar-refractivity contribution in [2.75, 3.05) is 6.61 Å². The smallest absolute Gasteiger partial charge is 0.340 e. The third kappa shape index (κ3) is 1.41. The van der Waals surface area contributed by atoms with Crippen LogP contribution in [0.25, 0.3) is 0 Å². The van der Waals surface area contributed by atoms with E-state index >= 15 is 0 Å². The van der Waals surface area contributed by atoms with Crippen molar-refractivity contribution in [1.82, 2.24) is 0 Å². The lowest BCUT2D eigenvalue weighted by Crippen LogP contribution is -2.04. The highest BCUT2D eigenvalue weighted by molar-refractivity contribution is 5.98. The molecule has 0 amide bonds. The van der Waals surface area contributed by atoms with E-state index in [0.29, 0.717) is 12.2 Å². The number of carbonyl (C=O) groups is 1. The Morgan fingerprint density at radius 1 is 1.57 bits per heavy atom. The fourth-order valence-corrected chi connectivity index (χ4v) is 1.52. The van der Waals surface area contributed by atoms with Crippen LogP contribution in [0.5, 0.6) is 0 Å². The fourth-order valence-electron chi connectivity index (χ4n) is 1.52. The van der Waals surface area contributed by atoms with E-state index in [0.717, 1.165) is 17.7 Å². The molecule has 72 valence electrons. The van der Waals surface area contributed by atoms with Crippen LogP contribution < -0.4 is 0 Å². The summed E-state index contributed by atoms with van der Waals surface area (Å²) < 4.78 is 4.94. The molecule has 0 bridgehead atoms. The first-order valence-corrected chi connectivity index (χ1v) is 4.64. The molecule has 0 spiro atoms. The number of hydrogen-bond acceptors (Lipinski definition) is 3. The number of hydrogen-bond donors (Lipinski definition) is 0. The monoisotopic (exact) mass is 189 g/mol. The first-order chi connectivity index (χ1) is 6.83. The molecule has 3 nitrogen and oxygen atoms in total. The maximum absolute atomic E-state index is 11.5. The highest BCUT2D eigenvalue weighted by Crippen LogP contribution is 2.28. The number of ether oxygens (including phenoxy) is 1. The van der Waals surface area contributed by atoms with Gasteiger partial charge < -0.3 is 4.74 Å². The maximum atomic E-state index is 11.5. The van der Waals surface area contributed by atoms with Crippen LogP contribution in [0.4, 0.5) is 5.69 Å². The van der Waals surface area contributed by atoms with Crippen LogP contribution in [0.2, 0.25) is 0 Å². The average Bonchev–Trinajstić information content (AvgIpc) is 2.65. The predicted molar refractivity (Wildman–Crippen MR) is 54.3 cm³/mol. The Bertz CT molecular complexity index is 396. The Balaban J connectivity index is 2.39. The number of nitrogens with zero attached hydrogens (tertiary/aromatic N) is 1. The number of fused-ring (bicyclic) bond motifs is 1. The second-order valence-electron chi connectivity index (χ2n) is 3.05. The molecular weight excluding hydrogens is 178 g/mol. The summed E-state index contributed by atoms with van der Waals surface area (Å²) in [5.74, 6) is -0.289. The molecule has 0 aromatic heterocycles. The summed E-state index contributed by atoms with van der Waals surface area (Å²) in [5.41, 5.74) is 2.43. The molecule has 1 aliphatic heterocycles. The largest absolute Gasteiger partial charge is 0.462 e. The maximum Gasteiger partial charge on any atom is 0.340 e. The molecule has 0 saturated heterocycles. The van der Waals surface area contributed by atoms with Crippen LogP contribution in [0.3, 0.4) is 0 Å². The van der Waals surface area contributed by atoms with Gasteiger partial charge in [-0.1, -0.05) is 12.1 Å². The quantitative estimate of drug-likeness (QED) is 0.668. The molecule has 0 N–H and O–H groups in total. The molecule has 0 unspecified atom stereocenters. The summed E-state index contributed by atoms with van der Waals surface area (Å²) in [5, 5.41) is 0. The molecule has 0 radical (unpaired) electrons. The molecule has 1 aromatic rings. The number of carbonyl (C=O) groups excluding carboxylic acids is 1. The zero-order valence-corrected chi connectivity index (χ0v) is 7.99. The van der Waals surface area contributed by atoms with Crippen molar-refractivity contribution in [1.29, 1.82) is 0 Å².